The molecule has 0 N–H and O–H groups in total. The maximum absolute atomic E-state index is 2.29. The first kappa shape index (κ1) is 14.6. The van der Waals surface area contributed by atoms with E-state index in [1.165, 1.54) is 35.1 Å². The Morgan fingerprint density at radius 3 is 1.55 bits per heavy atom. The first-order valence-corrected chi connectivity index (χ1v) is 7.67. The van der Waals surface area contributed by atoms with Crippen LogP contribution < -0.4 is 0 Å². The van der Waals surface area contributed by atoms with Gasteiger partial charge in [0.2, 0.25) is 0 Å². The molecule has 0 aliphatic heterocycles. The van der Waals surface area contributed by atoms with Crippen LogP contribution in [0.3, 0.4) is 0 Å². The lowest BCUT2D eigenvalue weighted by molar-refractivity contribution is 0.921. The second-order valence-electron chi connectivity index (χ2n) is 5.32. The Bertz CT molecular complexity index is 512. The summed E-state index contributed by atoms with van der Waals surface area (Å²) >= 11 is 0. The van der Waals surface area contributed by atoms with Gasteiger partial charge in [0.25, 0.3) is 0 Å². The monoisotopic (exact) mass is 264 g/mol. The summed E-state index contributed by atoms with van der Waals surface area (Å²) in [5.41, 5.74) is 5.43. The number of hydrogen-bond donors (Lipinski definition) is 0. The molecule has 0 unspecified atom stereocenters. The summed E-state index contributed by atoms with van der Waals surface area (Å²) in [5, 5.41) is 0. The Kier molecular flexibility index (Phi) is 5.61. The Morgan fingerprint density at radius 2 is 1.15 bits per heavy atom. The number of aryl methyl sites for hydroxylation is 2. The lowest BCUT2D eigenvalue weighted by Gasteiger charge is -2.02. The number of rotatable bonds is 6. The highest BCUT2D eigenvalue weighted by Gasteiger charge is 1.94. The Morgan fingerprint density at radius 1 is 0.700 bits per heavy atom. The van der Waals surface area contributed by atoms with Gasteiger partial charge in [-0.3, -0.25) is 0 Å². The molecule has 0 aromatic heterocycles. The lowest BCUT2D eigenvalue weighted by atomic mass is 10.0. The van der Waals surface area contributed by atoms with E-state index in [2.05, 4.69) is 74.5 Å². The van der Waals surface area contributed by atoms with Crippen molar-refractivity contribution in [2.75, 3.05) is 0 Å². The predicted molar refractivity (Wildman–Crippen MR) is 89.8 cm³/mol. The fourth-order valence-electron chi connectivity index (χ4n) is 2.47. The third-order valence-electron chi connectivity index (χ3n) is 3.45. The van der Waals surface area contributed by atoms with Crippen molar-refractivity contribution in [1.29, 1.82) is 0 Å². The molecule has 0 atom stereocenters. The molecule has 20 heavy (non-hydrogen) atoms. The van der Waals surface area contributed by atoms with Gasteiger partial charge >= 0.3 is 0 Å². The highest BCUT2D eigenvalue weighted by atomic mass is 14.0. The maximum Gasteiger partial charge on any atom is -0.0254 e. The minimum Gasteiger partial charge on any atom is -0.0651 e. The zero-order valence-corrected chi connectivity index (χ0v) is 12.6. The molecule has 2 aromatic rings. The highest BCUT2D eigenvalue weighted by molar-refractivity contribution is 5.70. The molecule has 2 rings (SSSR count). The molecular formula is C20H24. The second-order valence-corrected chi connectivity index (χ2v) is 5.32. The third-order valence-corrected chi connectivity index (χ3v) is 3.45. The molecule has 0 heterocycles. The summed E-state index contributed by atoms with van der Waals surface area (Å²) in [7, 11) is 0. The van der Waals surface area contributed by atoms with Crippen LogP contribution in [0.15, 0.2) is 48.5 Å². The first-order valence-electron chi connectivity index (χ1n) is 7.67. The van der Waals surface area contributed by atoms with Crippen molar-refractivity contribution in [2.24, 2.45) is 0 Å². The SMILES string of the molecule is CCCc1cccc(C=Cc2cccc(CCC)c2)c1. The van der Waals surface area contributed by atoms with Crippen molar-refractivity contribution in [3.8, 4) is 0 Å². The molecule has 0 saturated heterocycles. The second kappa shape index (κ2) is 7.69. The summed E-state index contributed by atoms with van der Waals surface area (Å²) in [6.07, 6.45) is 9.15. The molecule has 0 aliphatic rings. The molecule has 0 nitrogen and oxygen atoms in total. The third kappa shape index (κ3) is 4.38. The van der Waals surface area contributed by atoms with Crippen LogP contribution in [-0.4, -0.2) is 0 Å². The largest absolute Gasteiger partial charge is 0.0651 e. The van der Waals surface area contributed by atoms with E-state index < -0.39 is 0 Å². The molecule has 0 radical (unpaired) electrons. The quantitative estimate of drug-likeness (QED) is 0.582. The smallest absolute Gasteiger partial charge is 0.0254 e. The summed E-state index contributed by atoms with van der Waals surface area (Å²) < 4.78 is 0. The summed E-state index contributed by atoms with van der Waals surface area (Å²) in [4.78, 5) is 0. The number of hydrogen-bond acceptors (Lipinski definition) is 0. The Labute approximate surface area is 123 Å². The van der Waals surface area contributed by atoms with Gasteiger partial charge in [-0.2, -0.15) is 0 Å². The van der Waals surface area contributed by atoms with E-state index in [4.69, 9.17) is 0 Å². The van der Waals surface area contributed by atoms with Crippen LogP contribution in [0.5, 0.6) is 0 Å². The molecule has 2 aromatic carbocycles. The van der Waals surface area contributed by atoms with E-state index in [0.717, 1.165) is 12.8 Å². The Hall–Kier alpha value is -1.82. The standard InChI is InChI=1S/C20H24/c1-3-7-17-9-5-11-19(15-17)13-14-20-12-6-10-18(16-20)8-4-2/h5-6,9-16H,3-4,7-8H2,1-2H3. The van der Waals surface area contributed by atoms with E-state index >= 15 is 0 Å². The van der Waals surface area contributed by atoms with Crippen LogP contribution in [0.1, 0.15) is 48.9 Å². The van der Waals surface area contributed by atoms with Crippen LogP contribution in [0.4, 0.5) is 0 Å². The number of benzene rings is 2. The minimum absolute atomic E-state index is 1.16. The maximum atomic E-state index is 2.29. The van der Waals surface area contributed by atoms with Crippen molar-refractivity contribution in [3.05, 3.63) is 70.8 Å². The normalized spacial score (nSPS) is 11.1. The van der Waals surface area contributed by atoms with Gasteiger partial charge in [0.05, 0.1) is 0 Å². The van der Waals surface area contributed by atoms with E-state index in [1.807, 2.05) is 0 Å². The van der Waals surface area contributed by atoms with Crippen LogP contribution in [-0.2, 0) is 12.8 Å². The minimum atomic E-state index is 1.16. The zero-order valence-electron chi connectivity index (χ0n) is 12.6. The predicted octanol–water partition coefficient (Wildman–Crippen LogP) is 5.76. The topological polar surface area (TPSA) is 0 Å². The average molecular weight is 264 g/mol. The molecule has 0 heteroatoms. The van der Waals surface area contributed by atoms with Crippen LogP contribution in [0.25, 0.3) is 12.2 Å². The van der Waals surface area contributed by atoms with Gasteiger partial charge < -0.3 is 0 Å². The summed E-state index contributed by atoms with van der Waals surface area (Å²) in [6.45, 7) is 4.45. The van der Waals surface area contributed by atoms with Gasteiger partial charge in [-0.25, -0.2) is 0 Å². The molecule has 104 valence electrons. The van der Waals surface area contributed by atoms with Gasteiger partial charge in [-0.15, -0.1) is 0 Å². The van der Waals surface area contributed by atoms with Crippen LogP contribution >= 0.6 is 0 Å². The van der Waals surface area contributed by atoms with Gasteiger partial charge in [-0.1, -0.05) is 87.4 Å². The zero-order chi connectivity index (χ0) is 14.2. The molecule has 0 spiro atoms. The molecule has 0 bridgehead atoms. The highest BCUT2D eigenvalue weighted by Crippen LogP contribution is 2.13. The summed E-state index contributed by atoms with van der Waals surface area (Å²) in [5.74, 6) is 0. The van der Waals surface area contributed by atoms with Gasteiger partial charge in [0.1, 0.15) is 0 Å². The summed E-state index contributed by atoms with van der Waals surface area (Å²) in [6, 6.07) is 17.6. The fraction of sp³-hybridized carbons (Fsp3) is 0.300. The van der Waals surface area contributed by atoms with Crippen molar-refractivity contribution in [3.63, 3.8) is 0 Å². The average Bonchev–Trinajstić information content (AvgIpc) is 2.47. The van der Waals surface area contributed by atoms with Crippen molar-refractivity contribution in [2.45, 2.75) is 39.5 Å². The fourth-order valence-corrected chi connectivity index (χ4v) is 2.47. The molecule has 0 amide bonds. The van der Waals surface area contributed by atoms with Crippen LogP contribution in [0.2, 0.25) is 0 Å². The van der Waals surface area contributed by atoms with Crippen molar-refractivity contribution < 1.29 is 0 Å². The van der Waals surface area contributed by atoms with Crippen LogP contribution in [0, 0.1) is 0 Å². The molecule has 0 saturated carbocycles. The van der Waals surface area contributed by atoms with Crippen molar-refractivity contribution in [1.82, 2.24) is 0 Å². The van der Waals surface area contributed by atoms with Crippen molar-refractivity contribution >= 4 is 12.2 Å². The Balaban J connectivity index is 2.12. The molecule has 0 fully saturated rings. The first-order chi connectivity index (χ1) is 9.81. The van der Waals surface area contributed by atoms with E-state index in [-0.39, 0.29) is 0 Å². The van der Waals surface area contributed by atoms with E-state index in [9.17, 15) is 0 Å². The van der Waals surface area contributed by atoms with Gasteiger partial charge in [0, 0.05) is 0 Å². The van der Waals surface area contributed by atoms with Gasteiger partial charge in [0.15, 0.2) is 0 Å². The van der Waals surface area contributed by atoms with E-state index in [1.54, 1.807) is 0 Å². The van der Waals surface area contributed by atoms with E-state index in [0.29, 0.717) is 0 Å². The van der Waals surface area contributed by atoms with Gasteiger partial charge in [-0.05, 0) is 35.1 Å². The molecule has 0 aliphatic carbocycles. The lowest BCUT2D eigenvalue weighted by Crippen LogP contribution is -1.84. The molecular weight excluding hydrogens is 240 g/mol.